The standard InChI is InChI=1S/C9H18O2/c1-5-7(2)8(3)6-11-9(4)10/h7-8H,5-6H2,1-4H3. The maximum Gasteiger partial charge on any atom is 0.302 e. The van der Waals surface area contributed by atoms with E-state index >= 15 is 0 Å². The van der Waals surface area contributed by atoms with Crippen molar-refractivity contribution in [2.24, 2.45) is 11.8 Å². The highest BCUT2D eigenvalue weighted by Crippen LogP contribution is 2.14. The van der Waals surface area contributed by atoms with Crippen LogP contribution in [-0.4, -0.2) is 12.6 Å². The largest absolute Gasteiger partial charge is 0.466 e. The summed E-state index contributed by atoms with van der Waals surface area (Å²) in [5.41, 5.74) is 0. The molecule has 0 aliphatic heterocycles. The van der Waals surface area contributed by atoms with Crippen molar-refractivity contribution in [2.45, 2.75) is 34.1 Å². The molecule has 0 N–H and O–H groups in total. The minimum atomic E-state index is -0.180. The third-order valence-corrected chi connectivity index (χ3v) is 2.16. The molecule has 0 spiro atoms. The first-order valence-corrected chi connectivity index (χ1v) is 4.21. The van der Waals surface area contributed by atoms with E-state index in [1.165, 1.54) is 6.92 Å². The molecule has 0 aromatic heterocycles. The first-order valence-electron chi connectivity index (χ1n) is 4.21. The number of carbonyl (C=O) groups is 1. The first kappa shape index (κ1) is 10.5. The van der Waals surface area contributed by atoms with Crippen molar-refractivity contribution < 1.29 is 9.53 Å². The highest BCUT2D eigenvalue weighted by Gasteiger charge is 2.10. The van der Waals surface area contributed by atoms with Crippen molar-refractivity contribution in [1.29, 1.82) is 0 Å². The Balaban J connectivity index is 3.51. The van der Waals surface area contributed by atoms with Gasteiger partial charge in [0.2, 0.25) is 0 Å². The topological polar surface area (TPSA) is 26.3 Å². The zero-order chi connectivity index (χ0) is 8.85. The van der Waals surface area contributed by atoms with Gasteiger partial charge in [-0.1, -0.05) is 27.2 Å². The Bertz CT molecular complexity index is 121. The Labute approximate surface area is 68.9 Å². The fourth-order valence-electron chi connectivity index (χ4n) is 0.815. The SMILES string of the molecule is CCC(C)C(C)COC(C)=O. The number of ether oxygens (including phenoxy) is 1. The lowest BCUT2D eigenvalue weighted by molar-refractivity contribution is -0.142. The van der Waals surface area contributed by atoms with E-state index in [0.717, 1.165) is 6.42 Å². The summed E-state index contributed by atoms with van der Waals surface area (Å²) < 4.78 is 4.89. The summed E-state index contributed by atoms with van der Waals surface area (Å²) in [6.45, 7) is 8.44. The molecule has 2 nitrogen and oxygen atoms in total. The van der Waals surface area contributed by atoms with Crippen LogP contribution < -0.4 is 0 Å². The molecule has 0 rings (SSSR count). The molecule has 0 aromatic carbocycles. The maximum absolute atomic E-state index is 10.4. The molecular weight excluding hydrogens is 140 g/mol. The minimum Gasteiger partial charge on any atom is -0.466 e. The summed E-state index contributed by atoms with van der Waals surface area (Å²) in [6.07, 6.45) is 1.14. The van der Waals surface area contributed by atoms with Gasteiger partial charge in [0.1, 0.15) is 0 Å². The fraction of sp³-hybridized carbons (Fsp3) is 0.889. The van der Waals surface area contributed by atoms with E-state index in [1.807, 2.05) is 0 Å². The van der Waals surface area contributed by atoms with Crippen LogP contribution in [0.2, 0.25) is 0 Å². The normalized spacial score (nSPS) is 15.6. The van der Waals surface area contributed by atoms with Crippen molar-refractivity contribution in [3.63, 3.8) is 0 Å². The van der Waals surface area contributed by atoms with E-state index in [1.54, 1.807) is 0 Å². The molecule has 0 heterocycles. The Morgan fingerprint density at radius 3 is 2.27 bits per heavy atom. The number of esters is 1. The zero-order valence-corrected chi connectivity index (χ0v) is 7.89. The summed E-state index contributed by atoms with van der Waals surface area (Å²) in [6, 6.07) is 0. The predicted molar refractivity (Wildman–Crippen MR) is 45.3 cm³/mol. The van der Waals surface area contributed by atoms with Crippen molar-refractivity contribution in [1.82, 2.24) is 0 Å². The van der Waals surface area contributed by atoms with Crippen molar-refractivity contribution in [3.05, 3.63) is 0 Å². The van der Waals surface area contributed by atoms with E-state index < -0.39 is 0 Å². The molecule has 2 heteroatoms. The van der Waals surface area contributed by atoms with Crippen molar-refractivity contribution in [3.8, 4) is 0 Å². The molecule has 0 aliphatic rings. The summed E-state index contributed by atoms with van der Waals surface area (Å²) in [4.78, 5) is 10.4. The Morgan fingerprint density at radius 2 is 1.91 bits per heavy atom. The van der Waals surface area contributed by atoms with Gasteiger partial charge in [-0.05, 0) is 11.8 Å². The van der Waals surface area contributed by atoms with E-state index in [-0.39, 0.29) is 5.97 Å². The molecule has 0 saturated heterocycles. The van der Waals surface area contributed by atoms with Crippen LogP contribution in [0.25, 0.3) is 0 Å². The molecule has 2 atom stereocenters. The number of hydrogen-bond donors (Lipinski definition) is 0. The van der Waals surface area contributed by atoms with Crippen molar-refractivity contribution in [2.75, 3.05) is 6.61 Å². The van der Waals surface area contributed by atoms with E-state index in [0.29, 0.717) is 18.4 Å². The second-order valence-corrected chi connectivity index (χ2v) is 3.17. The third kappa shape index (κ3) is 4.82. The van der Waals surface area contributed by atoms with Gasteiger partial charge in [-0.2, -0.15) is 0 Å². The lowest BCUT2D eigenvalue weighted by Crippen LogP contribution is -2.15. The monoisotopic (exact) mass is 158 g/mol. The molecule has 0 bridgehead atoms. The van der Waals surface area contributed by atoms with Crippen LogP contribution in [-0.2, 0) is 9.53 Å². The highest BCUT2D eigenvalue weighted by atomic mass is 16.5. The van der Waals surface area contributed by atoms with Gasteiger partial charge in [0.25, 0.3) is 0 Å². The second kappa shape index (κ2) is 5.16. The lowest BCUT2D eigenvalue weighted by Gasteiger charge is -2.17. The molecule has 0 saturated carbocycles. The Kier molecular flexibility index (Phi) is 4.92. The van der Waals surface area contributed by atoms with Gasteiger partial charge < -0.3 is 4.74 Å². The second-order valence-electron chi connectivity index (χ2n) is 3.17. The van der Waals surface area contributed by atoms with Crippen LogP contribution in [0.1, 0.15) is 34.1 Å². The summed E-state index contributed by atoms with van der Waals surface area (Å²) >= 11 is 0. The van der Waals surface area contributed by atoms with E-state index in [9.17, 15) is 4.79 Å². The molecule has 0 aromatic rings. The predicted octanol–water partition coefficient (Wildman–Crippen LogP) is 2.23. The van der Waals surface area contributed by atoms with Gasteiger partial charge in [-0.3, -0.25) is 4.79 Å². The molecule has 2 unspecified atom stereocenters. The van der Waals surface area contributed by atoms with Gasteiger partial charge in [-0.15, -0.1) is 0 Å². The smallest absolute Gasteiger partial charge is 0.302 e. The molecule has 0 radical (unpaired) electrons. The molecule has 11 heavy (non-hydrogen) atoms. The highest BCUT2D eigenvalue weighted by molar-refractivity contribution is 5.65. The summed E-state index contributed by atoms with van der Waals surface area (Å²) in [5, 5.41) is 0. The van der Waals surface area contributed by atoms with Gasteiger partial charge in [0.05, 0.1) is 6.61 Å². The average Bonchev–Trinajstić information content (AvgIpc) is 1.98. The Morgan fingerprint density at radius 1 is 1.36 bits per heavy atom. The average molecular weight is 158 g/mol. The van der Waals surface area contributed by atoms with Crippen molar-refractivity contribution >= 4 is 5.97 Å². The van der Waals surface area contributed by atoms with Crippen LogP contribution in [0.15, 0.2) is 0 Å². The van der Waals surface area contributed by atoms with Crippen LogP contribution in [0, 0.1) is 11.8 Å². The lowest BCUT2D eigenvalue weighted by atomic mass is 9.95. The van der Waals surface area contributed by atoms with Crippen LogP contribution >= 0.6 is 0 Å². The number of hydrogen-bond acceptors (Lipinski definition) is 2. The first-order chi connectivity index (χ1) is 5.07. The Hall–Kier alpha value is -0.530. The van der Waals surface area contributed by atoms with Gasteiger partial charge in [-0.25, -0.2) is 0 Å². The zero-order valence-electron chi connectivity index (χ0n) is 7.89. The molecule has 0 fully saturated rings. The van der Waals surface area contributed by atoms with E-state index in [4.69, 9.17) is 4.74 Å². The summed E-state index contributed by atoms with van der Waals surface area (Å²) in [7, 11) is 0. The summed E-state index contributed by atoms with van der Waals surface area (Å²) in [5.74, 6) is 0.929. The molecule has 66 valence electrons. The molecule has 0 aliphatic carbocycles. The number of carbonyl (C=O) groups excluding carboxylic acids is 1. The van der Waals surface area contributed by atoms with Crippen LogP contribution in [0.4, 0.5) is 0 Å². The molecular formula is C9H18O2. The van der Waals surface area contributed by atoms with E-state index in [2.05, 4.69) is 20.8 Å². The quantitative estimate of drug-likeness (QED) is 0.586. The van der Waals surface area contributed by atoms with Crippen LogP contribution in [0.3, 0.4) is 0 Å². The number of rotatable bonds is 4. The van der Waals surface area contributed by atoms with Gasteiger partial charge in [0.15, 0.2) is 0 Å². The van der Waals surface area contributed by atoms with Gasteiger partial charge in [0, 0.05) is 6.92 Å². The minimum absolute atomic E-state index is 0.180. The fourth-order valence-corrected chi connectivity index (χ4v) is 0.815. The third-order valence-electron chi connectivity index (χ3n) is 2.16. The van der Waals surface area contributed by atoms with Crippen LogP contribution in [0.5, 0.6) is 0 Å². The maximum atomic E-state index is 10.4. The molecule has 0 amide bonds. The van der Waals surface area contributed by atoms with Gasteiger partial charge >= 0.3 is 5.97 Å².